The summed E-state index contributed by atoms with van der Waals surface area (Å²) in [6, 6.07) is 9.39. The fourth-order valence-electron chi connectivity index (χ4n) is 3.51. The highest BCUT2D eigenvalue weighted by Crippen LogP contribution is 2.27. The van der Waals surface area contributed by atoms with Crippen LogP contribution in [0.1, 0.15) is 30.4 Å². The van der Waals surface area contributed by atoms with Gasteiger partial charge < -0.3 is 9.84 Å². The van der Waals surface area contributed by atoms with Crippen LogP contribution in [0.25, 0.3) is 0 Å². The fraction of sp³-hybridized carbons (Fsp3) is 0.588. The van der Waals surface area contributed by atoms with Crippen LogP contribution >= 0.6 is 0 Å². The zero-order valence-electron chi connectivity index (χ0n) is 12.3. The first-order valence-electron chi connectivity index (χ1n) is 7.86. The first-order chi connectivity index (χ1) is 10.2. The summed E-state index contributed by atoms with van der Waals surface area (Å²) in [7, 11) is 0. The molecule has 1 heterocycles. The van der Waals surface area contributed by atoms with E-state index in [0.717, 1.165) is 25.9 Å². The number of rotatable bonds is 5. The van der Waals surface area contributed by atoms with E-state index >= 15 is 0 Å². The van der Waals surface area contributed by atoms with Gasteiger partial charge in [0.15, 0.2) is 0 Å². The molecular weight excluding hydrogens is 266 g/mol. The molecule has 4 nitrogen and oxygen atoms in total. The quantitative estimate of drug-likeness (QED) is 0.902. The average molecular weight is 289 g/mol. The maximum absolute atomic E-state index is 10.5. The molecule has 1 fully saturated rings. The number of nitrogens with zero attached hydrogens (tertiary/aromatic N) is 1. The lowest BCUT2D eigenvalue weighted by Crippen LogP contribution is -2.43. The predicted octanol–water partition coefficient (Wildman–Crippen LogP) is 2.11. The molecule has 114 valence electrons. The van der Waals surface area contributed by atoms with Crippen molar-refractivity contribution in [2.75, 3.05) is 19.7 Å². The normalized spacial score (nSPS) is 20.6. The molecule has 1 saturated heterocycles. The van der Waals surface area contributed by atoms with Crippen LogP contribution in [0, 0.1) is 0 Å². The van der Waals surface area contributed by atoms with E-state index in [1.807, 2.05) is 0 Å². The van der Waals surface area contributed by atoms with Crippen molar-refractivity contribution in [3.63, 3.8) is 0 Å². The molecule has 1 aliphatic carbocycles. The second kappa shape index (κ2) is 6.58. The smallest absolute Gasteiger partial charge is 0.305 e. The van der Waals surface area contributed by atoms with Gasteiger partial charge in [-0.2, -0.15) is 0 Å². The van der Waals surface area contributed by atoms with E-state index in [-0.39, 0.29) is 12.5 Å². The van der Waals surface area contributed by atoms with E-state index in [0.29, 0.717) is 12.6 Å². The molecule has 0 radical (unpaired) electrons. The van der Waals surface area contributed by atoms with Gasteiger partial charge in [0.05, 0.1) is 19.1 Å². The molecule has 0 amide bonds. The van der Waals surface area contributed by atoms with Crippen LogP contribution in [-0.2, 0) is 22.4 Å². The Hall–Kier alpha value is -1.39. The van der Waals surface area contributed by atoms with Gasteiger partial charge in [-0.25, -0.2) is 0 Å². The number of piperidine rings is 1. The van der Waals surface area contributed by atoms with E-state index in [1.165, 1.54) is 24.0 Å². The van der Waals surface area contributed by atoms with E-state index in [4.69, 9.17) is 9.84 Å². The van der Waals surface area contributed by atoms with Crippen LogP contribution in [0.4, 0.5) is 0 Å². The zero-order valence-corrected chi connectivity index (χ0v) is 12.3. The van der Waals surface area contributed by atoms with Gasteiger partial charge in [-0.05, 0) is 36.8 Å². The minimum Gasteiger partial charge on any atom is -0.481 e. The molecule has 1 N–H and O–H groups in total. The van der Waals surface area contributed by atoms with E-state index < -0.39 is 5.97 Å². The number of likely N-dealkylation sites (tertiary alicyclic amines) is 1. The van der Waals surface area contributed by atoms with Crippen LogP contribution in [0.2, 0.25) is 0 Å². The van der Waals surface area contributed by atoms with Crippen LogP contribution in [0.5, 0.6) is 0 Å². The molecule has 0 spiro atoms. The number of aliphatic carboxylic acids is 1. The Labute approximate surface area is 125 Å². The third-order valence-corrected chi connectivity index (χ3v) is 4.69. The largest absolute Gasteiger partial charge is 0.481 e. The lowest BCUT2D eigenvalue weighted by molar-refractivity contribution is -0.138. The Morgan fingerprint density at radius 1 is 1.19 bits per heavy atom. The van der Waals surface area contributed by atoms with Crippen molar-refractivity contribution in [1.29, 1.82) is 0 Å². The molecule has 21 heavy (non-hydrogen) atoms. The topological polar surface area (TPSA) is 49.8 Å². The molecule has 4 heteroatoms. The molecule has 1 aromatic carbocycles. The van der Waals surface area contributed by atoms with Crippen LogP contribution in [0.15, 0.2) is 24.3 Å². The molecule has 2 aliphatic rings. The third-order valence-electron chi connectivity index (χ3n) is 4.69. The standard InChI is InChI=1S/C17H23NO3/c19-17(20)7-10-21-16-5-8-18(9-6-16)15-11-13-3-1-2-4-14(13)12-15/h1-4,15-16H,5-12H2,(H,19,20). The molecule has 3 rings (SSSR count). The summed E-state index contributed by atoms with van der Waals surface area (Å²) in [6.45, 7) is 2.47. The number of carboxylic acid groups (broad SMARTS) is 1. The van der Waals surface area contributed by atoms with Crippen molar-refractivity contribution in [2.24, 2.45) is 0 Å². The van der Waals surface area contributed by atoms with E-state index in [9.17, 15) is 4.79 Å². The van der Waals surface area contributed by atoms with E-state index in [2.05, 4.69) is 29.2 Å². The lowest BCUT2D eigenvalue weighted by atomic mass is 10.0. The number of hydrogen-bond donors (Lipinski definition) is 1. The molecule has 0 atom stereocenters. The van der Waals surface area contributed by atoms with Gasteiger partial charge in [0, 0.05) is 19.1 Å². The molecule has 1 aliphatic heterocycles. The summed E-state index contributed by atoms with van der Waals surface area (Å²) in [5, 5.41) is 8.63. The summed E-state index contributed by atoms with van der Waals surface area (Å²) in [6.07, 6.45) is 4.72. The number of benzene rings is 1. The number of carbonyl (C=O) groups is 1. The van der Waals surface area contributed by atoms with Crippen molar-refractivity contribution in [2.45, 2.75) is 44.2 Å². The maximum Gasteiger partial charge on any atom is 0.305 e. The molecule has 1 aromatic rings. The number of fused-ring (bicyclic) bond motifs is 1. The maximum atomic E-state index is 10.5. The van der Waals surface area contributed by atoms with Gasteiger partial charge in [0.1, 0.15) is 0 Å². The summed E-state index contributed by atoms with van der Waals surface area (Å²) in [5.41, 5.74) is 3.00. The van der Waals surface area contributed by atoms with Gasteiger partial charge in [0.25, 0.3) is 0 Å². The monoisotopic (exact) mass is 289 g/mol. The van der Waals surface area contributed by atoms with Crippen LogP contribution in [0.3, 0.4) is 0 Å². The number of hydrogen-bond acceptors (Lipinski definition) is 3. The minimum atomic E-state index is -0.781. The average Bonchev–Trinajstić information content (AvgIpc) is 2.91. The highest BCUT2D eigenvalue weighted by molar-refractivity contribution is 5.66. The second-order valence-electron chi connectivity index (χ2n) is 6.08. The third kappa shape index (κ3) is 3.63. The molecule has 0 unspecified atom stereocenters. The Kier molecular flexibility index (Phi) is 4.56. The lowest BCUT2D eigenvalue weighted by Gasteiger charge is -2.35. The van der Waals surface area contributed by atoms with Gasteiger partial charge in [-0.1, -0.05) is 24.3 Å². The van der Waals surface area contributed by atoms with Crippen molar-refractivity contribution in [3.05, 3.63) is 35.4 Å². The van der Waals surface area contributed by atoms with Crippen LogP contribution in [-0.4, -0.2) is 47.8 Å². The van der Waals surface area contributed by atoms with Crippen LogP contribution < -0.4 is 0 Å². The Morgan fingerprint density at radius 2 is 1.81 bits per heavy atom. The fourth-order valence-corrected chi connectivity index (χ4v) is 3.51. The molecule has 0 aromatic heterocycles. The highest BCUT2D eigenvalue weighted by Gasteiger charge is 2.29. The van der Waals surface area contributed by atoms with Crippen molar-refractivity contribution in [1.82, 2.24) is 4.90 Å². The summed E-state index contributed by atoms with van der Waals surface area (Å²) in [5.74, 6) is -0.781. The van der Waals surface area contributed by atoms with Crippen molar-refractivity contribution < 1.29 is 14.6 Å². The molecule has 0 saturated carbocycles. The molecular formula is C17H23NO3. The summed E-state index contributed by atoms with van der Waals surface area (Å²) < 4.78 is 5.66. The van der Waals surface area contributed by atoms with Gasteiger partial charge >= 0.3 is 5.97 Å². The van der Waals surface area contributed by atoms with E-state index in [1.54, 1.807) is 0 Å². The zero-order chi connectivity index (χ0) is 14.7. The van der Waals surface area contributed by atoms with Gasteiger partial charge in [-0.15, -0.1) is 0 Å². The predicted molar refractivity (Wildman–Crippen MR) is 80.4 cm³/mol. The Balaban J connectivity index is 1.44. The summed E-state index contributed by atoms with van der Waals surface area (Å²) in [4.78, 5) is 13.1. The Bertz CT molecular complexity index is 470. The Morgan fingerprint density at radius 3 is 2.38 bits per heavy atom. The van der Waals surface area contributed by atoms with Gasteiger partial charge in [-0.3, -0.25) is 9.69 Å². The second-order valence-corrected chi connectivity index (χ2v) is 6.08. The number of ether oxygens (including phenoxy) is 1. The minimum absolute atomic E-state index is 0.109. The first-order valence-corrected chi connectivity index (χ1v) is 7.86. The SMILES string of the molecule is O=C(O)CCOC1CCN(C2Cc3ccccc3C2)CC1. The molecule has 0 bridgehead atoms. The summed E-state index contributed by atoms with van der Waals surface area (Å²) >= 11 is 0. The first kappa shape index (κ1) is 14.5. The van der Waals surface area contributed by atoms with Crippen molar-refractivity contribution >= 4 is 5.97 Å². The highest BCUT2D eigenvalue weighted by atomic mass is 16.5. The van der Waals surface area contributed by atoms with Gasteiger partial charge in [0.2, 0.25) is 0 Å². The number of carboxylic acids is 1. The van der Waals surface area contributed by atoms with Crippen molar-refractivity contribution in [3.8, 4) is 0 Å².